The zero-order valence-electron chi connectivity index (χ0n) is 18.7. The Kier molecular flexibility index (Phi) is 8.68. The van der Waals surface area contributed by atoms with Gasteiger partial charge < -0.3 is 19.0 Å². The number of nitrogens with zero attached hydrogens (tertiary/aromatic N) is 1. The Balaban J connectivity index is 1.81. The molecule has 1 aliphatic heterocycles. The zero-order valence-corrected chi connectivity index (χ0v) is 20.2. The number of benzene rings is 1. The fourth-order valence-electron chi connectivity index (χ4n) is 3.84. The van der Waals surface area contributed by atoms with Crippen molar-refractivity contribution in [3.8, 4) is 0 Å². The third kappa shape index (κ3) is 6.23. The molecule has 0 spiro atoms. The molecule has 9 heteroatoms. The van der Waals surface area contributed by atoms with Crippen LogP contribution in [0.4, 0.5) is 4.79 Å². The Bertz CT molecular complexity index is 974. The van der Waals surface area contributed by atoms with Gasteiger partial charge in [0, 0.05) is 20.0 Å². The van der Waals surface area contributed by atoms with E-state index < -0.39 is 36.0 Å². The summed E-state index contributed by atoms with van der Waals surface area (Å²) in [5.41, 5.74) is 0.977. The van der Waals surface area contributed by atoms with Crippen LogP contribution in [0, 0.1) is 5.92 Å². The highest BCUT2D eigenvalue weighted by molar-refractivity contribution is 9.10. The van der Waals surface area contributed by atoms with Crippen molar-refractivity contribution in [2.45, 2.75) is 51.7 Å². The summed E-state index contributed by atoms with van der Waals surface area (Å²) in [5.74, 6) is -1.01. The third-order valence-electron chi connectivity index (χ3n) is 5.52. The molecule has 1 fully saturated rings. The first-order valence-electron chi connectivity index (χ1n) is 10.9. The monoisotopic (exact) mass is 521 g/mol. The largest absolute Gasteiger partial charge is 0.461 e. The number of unbranched alkanes of at least 4 members (excludes halogenated alkanes) is 1. The molecule has 0 saturated carbocycles. The van der Waals surface area contributed by atoms with Crippen LogP contribution >= 0.6 is 15.9 Å². The summed E-state index contributed by atoms with van der Waals surface area (Å²) in [6, 6.07) is 10.8. The van der Waals surface area contributed by atoms with E-state index in [1.54, 1.807) is 13.0 Å². The molecule has 3 rings (SSSR count). The molecule has 2 aromatic rings. The number of aliphatic hydroxyl groups is 1. The molecule has 1 aliphatic rings. The number of imide groups is 1. The van der Waals surface area contributed by atoms with E-state index in [0.29, 0.717) is 35.3 Å². The van der Waals surface area contributed by atoms with Gasteiger partial charge in [0.1, 0.15) is 18.1 Å². The predicted octanol–water partition coefficient (Wildman–Crippen LogP) is 4.19. The number of esters is 1. The highest BCUT2D eigenvalue weighted by Gasteiger charge is 2.43. The standard InChI is InChI=1S/C24H28BrNO7/c1-15(22(32-16(2)28)21-13-19(25)20(33-21)10-6-7-11-27)23(29)26-18(14-31-24(26)30)12-17-8-4-3-5-9-17/h3-5,8-9,13,15,18,22,27H,6-7,10-12,14H2,1-2H3/t15-,18-,22-/m1/s1. The maximum absolute atomic E-state index is 13.4. The number of carbonyl (C=O) groups is 3. The molecule has 33 heavy (non-hydrogen) atoms. The van der Waals surface area contributed by atoms with E-state index in [1.165, 1.54) is 6.92 Å². The van der Waals surface area contributed by atoms with Gasteiger partial charge >= 0.3 is 12.1 Å². The van der Waals surface area contributed by atoms with Crippen molar-refractivity contribution in [1.82, 2.24) is 4.90 Å². The number of aliphatic hydroxyl groups excluding tert-OH is 1. The van der Waals surface area contributed by atoms with Gasteiger partial charge in [-0.1, -0.05) is 30.3 Å². The highest BCUT2D eigenvalue weighted by atomic mass is 79.9. The van der Waals surface area contributed by atoms with Crippen LogP contribution in [0.25, 0.3) is 0 Å². The summed E-state index contributed by atoms with van der Waals surface area (Å²) in [7, 11) is 0. The topological polar surface area (TPSA) is 106 Å². The van der Waals surface area contributed by atoms with Crippen LogP contribution in [-0.4, -0.2) is 47.2 Å². The van der Waals surface area contributed by atoms with Gasteiger partial charge in [-0.2, -0.15) is 0 Å². The van der Waals surface area contributed by atoms with Gasteiger partial charge in [0.05, 0.1) is 16.4 Å². The van der Waals surface area contributed by atoms with Crippen LogP contribution < -0.4 is 0 Å². The lowest BCUT2D eigenvalue weighted by Gasteiger charge is -2.27. The van der Waals surface area contributed by atoms with E-state index in [4.69, 9.17) is 19.0 Å². The Morgan fingerprint density at radius 2 is 2.00 bits per heavy atom. The zero-order chi connectivity index (χ0) is 24.0. The van der Waals surface area contributed by atoms with Crippen LogP contribution in [0.2, 0.25) is 0 Å². The molecule has 0 unspecified atom stereocenters. The summed E-state index contributed by atoms with van der Waals surface area (Å²) in [5, 5.41) is 9.00. The van der Waals surface area contributed by atoms with Gasteiger partial charge in [-0.3, -0.25) is 9.59 Å². The fourth-order valence-corrected chi connectivity index (χ4v) is 4.34. The molecule has 0 bridgehead atoms. The molecule has 1 aromatic heterocycles. The molecular formula is C24H28BrNO7. The number of ether oxygens (including phenoxy) is 2. The molecule has 2 amide bonds. The Morgan fingerprint density at radius 3 is 2.67 bits per heavy atom. The fraction of sp³-hybridized carbons (Fsp3) is 0.458. The minimum atomic E-state index is -1.01. The van der Waals surface area contributed by atoms with Gasteiger partial charge in [0.15, 0.2) is 6.10 Å². The summed E-state index contributed by atoms with van der Waals surface area (Å²) in [6.07, 6.45) is 0.668. The smallest absolute Gasteiger partial charge is 0.416 e. The minimum absolute atomic E-state index is 0.0862. The Morgan fingerprint density at radius 1 is 1.27 bits per heavy atom. The van der Waals surface area contributed by atoms with Crippen molar-refractivity contribution in [3.05, 3.63) is 58.0 Å². The van der Waals surface area contributed by atoms with E-state index in [0.717, 1.165) is 16.9 Å². The summed E-state index contributed by atoms with van der Waals surface area (Å²) in [4.78, 5) is 38.8. The second-order valence-electron chi connectivity index (χ2n) is 8.05. The van der Waals surface area contributed by atoms with Gasteiger partial charge in [0.2, 0.25) is 5.91 Å². The number of aryl methyl sites for hydroxylation is 1. The summed E-state index contributed by atoms with van der Waals surface area (Å²) >= 11 is 3.45. The first-order chi connectivity index (χ1) is 15.8. The Labute approximate surface area is 201 Å². The van der Waals surface area contributed by atoms with Crippen molar-refractivity contribution < 1.29 is 33.4 Å². The average molecular weight is 522 g/mol. The predicted molar refractivity (Wildman–Crippen MR) is 122 cm³/mol. The number of cyclic esters (lactones) is 1. The van der Waals surface area contributed by atoms with E-state index in [1.807, 2.05) is 30.3 Å². The van der Waals surface area contributed by atoms with Crippen LogP contribution in [-0.2, 0) is 31.9 Å². The molecule has 2 heterocycles. The normalized spacial score (nSPS) is 17.5. The molecule has 178 valence electrons. The number of carbonyl (C=O) groups excluding carboxylic acids is 3. The van der Waals surface area contributed by atoms with Crippen LogP contribution in [0.1, 0.15) is 49.9 Å². The minimum Gasteiger partial charge on any atom is -0.461 e. The third-order valence-corrected chi connectivity index (χ3v) is 6.19. The lowest BCUT2D eigenvalue weighted by Crippen LogP contribution is -2.44. The first-order valence-corrected chi connectivity index (χ1v) is 11.7. The van der Waals surface area contributed by atoms with Crippen molar-refractivity contribution in [2.75, 3.05) is 13.2 Å². The summed E-state index contributed by atoms with van der Waals surface area (Å²) in [6.45, 7) is 3.05. The highest BCUT2D eigenvalue weighted by Crippen LogP contribution is 2.35. The number of hydrogen-bond donors (Lipinski definition) is 1. The van der Waals surface area contributed by atoms with Gasteiger partial charge in [-0.25, -0.2) is 9.69 Å². The molecule has 0 aliphatic carbocycles. The van der Waals surface area contributed by atoms with Gasteiger partial charge in [-0.15, -0.1) is 0 Å². The molecule has 3 atom stereocenters. The lowest BCUT2D eigenvalue weighted by molar-refractivity contribution is -0.154. The average Bonchev–Trinajstić information content (AvgIpc) is 3.34. The quantitative estimate of drug-likeness (QED) is 0.369. The number of hydrogen-bond acceptors (Lipinski definition) is 7. The lowest BCUT2D eigenvalue weighted by atomic mass is 9.98. The van der Waals surface area contributed by atoms with Gasteiger partial charge in [0.25, 0.3) is 0 Å². The van der Waals surface area contributed by atoms with Crippen molar-refractivity contribution in [1.29, 1.82) is 0 Å². The molecule has 8 nitrogen and oxygen atoms in total. The van der Waals surface area contributed by atoms with E-state index in [-0.39, 0.29) is 13.2 Å². The summed E-state index contributed by atoms with van der Waals surface area (Å²) < 4.78 is 17.2. The van der Waals surface area contributed by atoms with Crippen molar-refractivity contribution in [3.63, 3.8) is 0 Å². The second kappa shape index (κ2) is 11.5. The number of amides is 2. The number of rotatable bonds is 10. The van der Waals surface area contributed by atoms with E-state index in [2.05, 4.69) is 15.9 Å². The van der Waals surface area contributed by atoms with Gasteiger partial charge in [-0.05, 0) is 53.7 Å². The number of furan rings is 1. The number of halogens is 1. The Hall–Kier alpha value is -2.65. The first kappa shape index (κ1) is 25.0. The van der Waals surface area contributed by atoms with Crippen molar-refractivity contribution in [2.24, 2.45) is 5.92 Å². The molecular weight excluding hydrogens is 494 g/mol. The van der Waals surface area contributed by atoms with Crippen LogP contribution in [0.3, 0.4) is 0 Å². The maximum atomic E-state index is 13.4. The molecule has 1 saturated heterocycles. The molecule has 0 radical (unpaired) electrons. The van der Waals surface area contributed by atoms with Crippen molar-refractivity contribution >= 4 is 33.9 Å². The van der Waals surface area contributed by atoms with Crippen LogP contribution in [0.5, 0.6) is 0 Å². The van der Waals surface area contributed by atoms with E-state index >= 15 is 0 Å². The molecule has 1 aromatic carbocycles. The molecule has 1 N–H and O–H groups in total. The van der Waals surface area contributed by atoms with Crippen LogP contribution in [0.15, 0.2) is 45.3 Å². The second-order valence-corrected chi connectivity index (χ2v) is 8.90. The van der Waals surface area contributed by atoms with E-state index in [9.17, 15) is 14.4 Å². The SMILES string of the molecule is CC(=O)O[C@@H](c1cc(Br)c(CCCCO)o1)[C@@H](C)C(=O)N1C(=O)OC[C@H]1Cc1ccccc1. The maximum Gasteiger partial charge on any atom is 0.416 e.